The van der Waals surface area contributed by atoms with E-state index in [1.54, 1.807) is 18.3 Å². The minimum atomic E-state index is -0.525. The standard InChI is InChI=1S/C21H18FN3O3.CH4/c1-11(26)12-6-14(23-9-12)8-17-20-16(3-2-13-7-15(27)10-24-13)18(22)4-5-19(20)25-21(17)28;/h4-6,8-9,13,15,23-24,27H,7,10H2,1H3,(H,25,28);1H4/b17-8-;/t13-,15-;/m1./s1. The summed E-state index contributed by atoms with van der Waals surface area (Å²) in [5.74, 6) is 4.79. The zero-order chi connectivity index (χ0) is 19.8. The quantitative estimate of drug-likeness (QED) is 0.357. The number of amides is 1. The van der Waals surface area contributed by atoms with Crippen molar-refractivity contribution in [1.29, 1.82) is 0 Å². The van der Waals surface area contributed by atoms with Crippen molar-refractivity contribution in [3.8, 4) is 11.8 Å². The molecule has 1 saturated heterocycles. The highest BCUT2D eigenvalue weighted by atomic mass is 19.1. The van der Waals surface area contributed by atoms with Crippen molar-refractivity contribution in [2.24, 2.45) is 0 Å². The predicted molar refractivity (Wildman–Crippen MR) is 110 cm³/mol. The number of fused-ring (bicyclic) bond motifs is 1. The molecule has 1 fully saturated rings. The van der Waals surface area contributed by atoms with Gasteiger partial charge in [0.05, 0.1) is 29.0 Å². The van der Waals surface area contributed by atoms with Crippen LogP contribution in [0.5, 0.6) is 0 Å². The van der Waals surface area contributed by atoms with Gasteiger partial charge in [-0.05, 0) is 31.2 Å². The molecule has 4 rings (SSSR count). The van der Waals surface area contributed by atoms with E-state index in [4.69, 9.17) is 0 Å². The Hall–Kier alpha value is -3.21. The average molecular weight is 395 g/mol. The van der Waals surface area contributed by atoms with Crippen molar-refractivity contribution in [2.45, 2.75) is 32.9 Å². The summed E-state index contributed by atoms with van der Waals surface area (Å²) in [6.45, 7) is 1.90. The third-order valence-corrected chi connectivity index (χ3v) is 4.81. The summed E-state index contributed by atoms with van der Waals surface area (Å²) in [6.07, 6.45) is 3.15. The number of aromatic amines is 1. The first kappa shape index (κ1) is 20.5. The average Bonchev–Trinajstić information content (AvgIpc) is 3.35. The number of halogens is 1. The monoisotopic (exact) mass is 395 g/mol. The van der Waals surface area contributed by atoms with Gasteiger partial charge in [0.2, 0.25) is 0 Å². The molecule has 7 heteroatoms. The third kappa shape index (κ3) is 3.99. The molecule has 150 valence electrons. The second-order valence-electron chi connectivity index (χ2n) is 6.88. The fourth-order valence-electron chi connectivity index (χ4n) is 3.36. The number of ketones is 1. The number of Topliss-reactive ketones (excluding diaryl/α,β-unsaturated/α-hetero) is 1. The number of β-amino-alcohol motifs (C(OH)–C–C–N with tert-alkyl or cyclic N) is 1. The van der Waals surface area contributed by atoms with Crippen LogP contribution in [-0.4, -0.2) is 40.5 Å². The summed E-state index contributed by atoms with van der Waals surface area (Å²) in [5.41, 5.74) is 2.34. The van der Waals surface area contributed by atoms with Gasteiger partial charge in [-0.1, -0.05) is 19.3 Å². The first-order valence-corrected chi connectivity index (χ1v) is 8.90. The smallest absolute Gasteiger partial charge is 0.256 e. The molecule has 0 spiro atoms. The largest absolute Gasteiger partial charge is 0.392 e. The molecule has 1 aromatic carbocycles. The first-order valence-electron chi connectivity index (χ1n) is 8.90. The Labute approximate surface area is 168 Å². The molecule has 4 N–H and O–H groups in total. The number of hydrogen-bond donors (Lipinski definition) is 4. The van der Waals surface area contributed by atoms with Gasteiger partial charge in [-0.2, -0.15) is 0 Å². The Morgan fingerprint density at radius 1 is 1.38 bits per heavy atom. The van der Waals surface area contributed by atoms with Gasteiger partial charge >= 0.3 is 0 Å². The van der Waals surface area contributed by atoms with Crippen LogP contribution >= 0.6 is 0 Å². The van der Waals surface area contributed by atoms with Gasteiger partial charge in [-0.3, -0.25) is 9.59 Å². The number of benzene rings is 1. The number of aromatic nitrogens is 1. The number of hydrogen-bond acceptors (Lipinski definition) is 4. The highest BCUT2D eigenvalue weighted by Gasteiger charge is 2.29. The number of carbonyl (C=O) groups is 2. The van der Waals surface area contributed by atoms with Crippen molar-refractivity contribution >= 4 is 29.0 Å². The van der Waals surface area contributed by atoms with E-state index in [0.29, 0.717) is 35.5 Å². The van der Waals surface area contributed by atoms with Crippen LogP contribution in [0.25, 0.3) is 11.6 Å². The summed E-state index contributed by atoms with van der Waals surface area (Å²) in [5, 5.41) is 15.4. The lowest BCUT2D eigenvalue weighted by molar-refractivity contribution is -0.110. The molecule has 0 aliphatic carbocycles. The lowest BCUT2D eigenvalue weighted by Crippen LogP contribution is -2.19. The Morgan fingerprint density at radius 3 is 2.83 bits per heavy atom. The summed E-state index contributed by atoms with van der Waals surface area (Å²) >= 11 is 0. The first-order chi connectivity index (χ1) is 13.4. The Morgan fingerprint density at radius 2 is 2.17 bits per heavy atom. The van der Waals surface area contributed by atoms with Gasteiger partial charge in [-0.25, -0.2) is 4.39 Å². The second kappa shape index (κ2) is 8.03. The van der Waals surface area contributed by atoms with Crippen molar-refractivity contribution in [3.63, 3.8) is 0 Å². The fraction of sp³-hybridized carbons (Fsp3) is 0.273. The SMILES string of the molecule is C.CC(=O)c1c[nH]c(/C=C2\C(=O)Nc3ccc(F)c(C#C[C@@H]4C[C@@H](O)CN4)c32)c1. The van der Waals surface area contributed by atoms with Gasteiger partial charge < -0.3 is 20.7 Å². The maximum atomic E-state index is 14.6. The molecule has 6 nitrogen and oxygen atoms in total. The molecule has 0 saturated carbocycles. The topological polar surface area (TPSA) is 94.2 Å². The predicted octanol–water partition coefficient (Wildman–Crippen LogP) is 2.56. The fourth-order valence-corrected chi connectivity index (χ4v) is 3.36. The van der Waals surface area contributed by atoms with Crippen molar-refractivity contribution in [2.75, 3.05) is 11.9 Å². The number of H-pyrrole nitrogens is 1. The van der Waals surface area contributed by atoms with E-state index in [-0.39, 0.29) is 36.3 Å². The maximum Gasteiger partial charge on any atom is 0.256 e. The van der Waals surface area contributed by atoms with E-state index in [2.05, 4.69) is 27.5 Å². The molecule has 3 heterocycles. The number of rotatable bonds is 2. The Balaban J connectivity index is 0.00000240. The zero-order valence-electron chi connectivity index (χ0n) is 15.1. The van der Waals surface area contributed by atoms with Crippen LogP contribution in [0, 0.1) is 17.7 Å². The number of aliphatic hydroxyl groups excluding tert-OH is 1. The van der Waals surface area contributed by atoms with E-state index in [1.165, 1.54) is 19.1 Å². The van der Waals surface area contributed by atoms with Gasteiger partial charge in [-0.15, -0.1) is 0 Å². The number of nitrogens with one attached hydrogen (secondary N) is 3. The van der Waals surface area contributed by atoms with Crippen molar-refractivity contribution < 1.29 is 19.1 Å². The molecular formula is C22H22FN3O3. The van der Waals surface area contributed by atoms with Gasteiger partial charge in [0.25, 0.3) is 5.91 Å². The molecule has 0 unspecified atom stereocenters. The molecule has 29 heavy (non-hydrogen) atoms. The molecule has 2 atom stereocenters. The van der Waals surface area contributed by atoms with Crippen LogP contribution in [0.3, 0.4) is 0 Å². The van der Waals surface area contributed by atoms with Gasteiger partial charge in [0.1, 0.15) is 5.82 Å². The van der Waals surface area contributed by atoms with E-state index in [1.807, 2.05) is 0 Å². The summed E-state index contributed by atoms with van der Waals surface area (Å²) in [4.78, 5) is 26.9. The molecule has 0 bridgehead atoms. The van der Waals surface area contributed by atoms with E-state index in [9.17, 15) is 19.1 Å². The van der Waals surface area contributed by atoms with E-state index in [0.717, 1.165) is 0 Å². The van der Waals surface area contributed by atoms with Gasteiger partial charge in [0.15, 0.2) is 5.78 Å². The summed E-state index contributed by atoms with van der Waals surface area (Å²) in [6, 6.07) is 4.17. The minimum Gasteiger partial charge on any atom is -0.392 e. The molecule has 0 radical (unpaired) electrons. The third-order valence-electron chi connectivity index (χ3n) is 4.81. The Kier molecular flexibility index (Phi) is 5.69. The highest BCUT2D eigenvalue weighted by Crippen LogP contribution is 2.36. The normalized spacial score (nSPS) is 21.2. The zero-order valence-corrected chi connectivity index (χ0v) is 15.1. The van der Waals surface area contributed by atoms with Crippen molar-refractivity contribution in [1.82, 2.24) is 10.3 Å². The summed E-state index contributed by atoms with van der Waals surface area (Å²) in [7, 11) is 0. The molecule has 2 aliphatic heterocycles. The number of aliphatic hydroxyl groups is 1. The highest BCUT2D eigenvalue weighted by molar-refractivity contribution is 6.35. The van der Waals surface area contributed by atoms with Crippen molar-refractivity contribution in [3.05, 3.63) is 52.6 Å². The lowest BCUT2D eigenvalue weighted by atomic mass is 9.98. The van der Waals surface area contributed by atoms with Crippen LogP contribution < -0.4 is 10.6 Å². The van der Waals surface area contributed by atoms with Crippen LogP contribution in [0.2, 0.25) is 0 Å². The van der Waals surface area contributed by atoms with E-state index < -0.39 is 11.9 Å². The van der Waals surface area contributed by atoms with Crippen LogP contribution in [0.15, 0.2) is 24.4 Å². The molecular weight excluding hydrogens is 373 g/mol. The number of anilines is 1. The Bertz CT molecular complexity index is 1070. The van der Waals surface area contributed by atoms with Crippen LogP contribution in [-0.2, 0) is 4.79 Å². The van der Waals surface area contributed by atoms with E-state index >= 15 is 0 Å². The minimum absolute atomic E-state index is 0. The number of carbonyl (C=O) groups excluding carboxylic acids is 2. The molecule has 1 amide bonds. The molecule has 2 aliphatic rings. The lowest BCUT2D eigenvalue weighted by Gasteiger charge is -2.05. The molecule has 1 aromatic heterocycles. The molecule has 2 aromatic rings. The van der Waals surface area contributed by atoms with Gasteiger partial charge in [0, 0.05) is 36.0 Å². The summed E-state index contributed by atoms with van der Waals surface area (Å²) < 4.78 is 14.6. The second-order valence-corrected chi connectivity index (χ2v) is 6.88. The van der Waals surface area contributed by atoms with Crippen LogP contribution in [0.1, 0.15) is 48.0 Å². The van der Waals surface area contributed by atoms with Crippen LogP contribution in [0.4, 0.5) is 10.1 Å². The maximum absolute atomic E-state index is 14.6.